The molecule has 0 radical (unpaired) electrons. The van der Waals surface area contributed by atoms with Crippen LogP contribution >= 0.6 is 11.6 Å². The summed E-state index contributed by atoms with van der Waals surface area (Å²) in [5, 5.41) is 20.2. The number of benzene rings is 2. The minimum Gasteiger partial charge on any atom is -0.466 e. The summed E-state index contributed by atoms with van der Waals surface area (Å²) >= 11 is 5.99. The fourth-order valence-corrected chi connectivity index (χ4v) is 3.92. The first-order valence-electron chi connectivity index (χ1n) is 10.2. The third-order valence-electron chi connectivity index (χ3n) is 5.25. The van der Waals surface area contributed by atoms with Crippen LogP contribution in [0.3, 0.4) is 0 Å². The van der Waals surface area contributed by atoms with Gasteiger partial charge in [0.05, 0.1) is 18.6 Å². The molecule has 0 saturated heterocycles. The molecule has 0 heterocycles. The van der Waals surface area contributed by atoms with Crippen molar-refractivity contribution < 1.29 is 24.1 Å². The number of aliphatic hydroxyl groups is 1. The minimum absolute atomic E-state index is 0.0414. The van der Waals surface area contributed by atoms with Crippen LogP contribution in [-0.2, 0) is 16.0 Å². The van der Waals surface area contributed by atoms with E-state index in [0.29, 0.717) is 29.7 Å². The topological polar surface area (TPSA) is 66.8 Å². The van der Waals surface area contributed by atoms with E-state index in [0.717, 1.165) is 11.1 Å². The number of esters is 1. The van der Waals surface area contributed by atoms with Crippen molar-refractivity contribution in [3.05, 3.63) is 58.9 Å². The van der Waals surface area contributed by atoms with Gasteiger partial charge in [0.1, 0.15) is 5.82 Å². The highest BCUT2D eigenvalue weighted by Gasteiger charge is 2.37. The Morgan fingerprint density at radius 3 is 2.50 bits per heavy atom. The third kappa shape index (κ3) is 6.56. The largest absolute Gasteiger partial charge is 0.466 e. The maximum atomic E-state index is 14.1. The molecule has 30 heavy (non-hydrogen) atoms. The standard InChI is InChI=1S/C23H29BClFO4/c1-4-30-22(28)23(2,15-27)13-17(14-24(3)29)11-16-5-7-18(8-6-16)20-12-19(25)9-10-21(20)26/h5-10,12,17,27,29H,4,11,13-15H2,1-3H3/t17-,23+/m1/s1. The molecule has 0 fully saturated rings. The lowest BCUT2D eigenvalue weighted by atomic mass is 9.60. The first-order chi connectivity index (χ1) is 14.2. The third-order valence-corrected chi connectivity index (χ3v) is 5.48. The Balaban J connectivity index is 2.20. The van der Waals surface area contributed by atoms with Crippen molar-refractivity contribution >= 4 is 24.5 Å². The molecule has 2 atom stereocenters. The molecule has 4 nitrogen and oxygen atoms in total. The van der Waals surface area contributed by atoms with Crippen molar-refractivity contribution in [2.75, 3.05) is 13.2 Å². The molecule has 162 valence electrons. The van der Waals surface area contributed by atoms with Gasteiger partial charge in [-0.3, -0.25) is 4.79 Å². The van der Waals surface area contributed by atoms with Crippen LogP contribution in [0.5, 0.6) is 0 Å². The van der Waals surface area contributed by atoms with Gasteiger partial charge in [-0.1, -0.05) is 42.7 Å². The SMILES string of the molecule is CCOC(=O)[C@](C)(CO)C[C@H](CB(C)O)Cc1ccc(-c2cc(Cl)ccc2F)cc1. The van der Waals surface area contributed by atoms with E-state index in [1.54, 1.807) is 26.7 Å². The van der Waals surface area contributed by atoms with Gasteiger partial charge in [-0.15, -0.1) is 0 Å². The average Bonchev–Trinajstić information content (AvgIpc) is 2.70. The Labute approximate surface area is 183 Å². The number of hydrogen-bond acceptors (Lipinski definition) is 4. The second-order valence-electron chi connectivity index (χ2n) is 8.12. The Morgan fingerprint density at radius 2 is 1.93 bits per heavy atom. The Kier molecular flexibility index (Phi) is 8.89. The van der Waals surface area contributed by atoms with Crippen LogP contribution in [0, 0.1) is 17.2 Å². The van der Waals surface area contributed by atoms with E-state index in [1.807, 2.05) is 24.3 Å². The molecule has 0 spiro atoms. The van der Waals surface area contributed by atoms with Gasteiger partial charge < -0.3 is 14.9 Å². The van der Waals surface area contributed by atoms with E-state index in [4.69, 9.17) is 16.3 Å². The average molecular weight is 435 g/mol. The summed E-state index contributed by atoms with van der Waals surface area (Å²) in [6.45, 7) is 4.50. The van der Waals surface area contributed by atoms with Crippen molar-refractivity contribution in [3.63, 3.8) is 0 Å². The van der Waals surface area contributed by atoms with Gasteiger partial charge in [0.15, 0.2) is 0 Å². The number of aliphatic hydroxyl groups excluding tert-OH is 1. The summed E-state index contributed by atoms with van der Waals surface area (Å²) < 4.78 is 19.3. The number of hydrogen-bond donors (Lipinski definition) is 2. The van der Waals surface area contributed by atoms with Crippen molar-refractivity contribution in [1.82, 2.24) is 0 Å². The molecule has 2 rings (SSSR count). The fourth-order valence-electron chi connectivity index (χ4n) is 3.75. The van der Waals surface area contributed by atoms with Crippen LogP contribution in [0.4, 0.5) is 4.39 Å². The molecule has 0 saturated carbocycles. The molecule has 0 unspecified atom stereocenters. The molecule has 0 aliphatic rings. The van der Waals surface area contributed by atoms with E-state index < -0.39 is 18.3 Å². The molecule has 7 heteroatoms. The lowest BCUT2D eigenvalue weighted by Gasteiger charge is -2.30. The number of ether oxygens (including phenoxy) is 1. The van der Waals surface area contributed by atoms with Crippen molar-refractivity contribution in [2.45, 2.75) is 39.8 Å². The molecular weight excluding hydrogens is 406 g/mol. The summed E-state index contributed by atoms with van der Waals surface area (Å²) in [5.74, 6) is -0.817. The molecule has 2 N–H and O–H groups in total. The lowest BCUT2D eigenvalue weighted by Crippen LogP contribution is -2.36. The van der Waals surface area contributed by atoms with Crippen molar-refractivity contribution in [3.8, 4) is 11.1 Å². The van der Waals surface area contributed by atoms with Crippen LogP contribution in [-0.4, -0.2) is 36.2 Å². The summed E-state index contributed by atoms with van der Waals surface area (Å²) in [7, 11) is 0. The molecule has 0 amide bonds. The quantitative estimate of drug-likeness (QED) is 0.413. The second kappa shape index (κ2) is 10.9. The highest BCUT2D eigenvalue weighted by atomic mass is 35.5. The van der Waals surface area contributed by atoms with Crippen molar-refractivity contribution in [1.29, 1.82) is 0 Å². The maximum Gasteiger partial charge on any atom is 0.314 e. The summed E-state index contributed by atoms with van der Waals surface area (Å²) in [6.07, 6.45) is 1.48. The molecular formula is C23H29BClFO4. The van der Waals surface area contributed by atoms with Crippen LogP contribution in [0.1, 0.15) is 25.8 Å². The fraction of sp³-hybridized carbons (Fsp3) is 0.435. The van der Waals surface area contributed by atoms with Crippen LogP contribution < -0.4 is 0 Å². The summed E-state index contributed by atoms with van der Waals surface area (Å²) in [5.41, 5.74) is 1.12. The van der Waals surface area contributed by atoms with Gasteiger partial charge in [0.2, 0.25) is 0 Å². The van der Waals surface area contributed by atoms with E-state index in [2.05, 4.69) is 0 Å². The molecule has 2 aromatic carbocycles. The number of carbonyl (C=O) groups is 1. The van der Waals surface area contributed by atoms with E-state index in [1.165, 1.54) is 12.1 Å². The predicted octanol–water partition coefficient (Wildman–Crippen LogP) is 4.87. The first-order valence-corrected chi connectivity index (χ1v) is 10.6. The van der Waals surface area contributed by atoms with Gasteiger partial charge >= 0.3 is 5.97 Å². The van der Waals surface area contributed by atoms with E-state index >= 15 is 0 Å². The molecule has 0 bridgehead atoms. The Hall–Kier alpha value is -1.89. The lowest BCUT2D eigenvalue weighted by molar-refractivity contribution is -0.158. The van der Waals surface area contributed by atoms with Crippen molar-refractivity contribution in [2.24, 2.45) is 11.3 Å². The van der Waals surface area contributed by atoms with Crippen LogP contribution in [0.2, 0.25) is 18.2 Å². The van der Waals surface area contributed by atoms with E-state index in [-0.39, 0.29) is 24.9 Å². The highest BCUT2D eigenvalue weighted by Crippen LogP contribution is 2.33. The first kappa shape index (κ1) is 24.4. The zero-order valence-electron chi connectivity index (χ0n) is 17.7. The van der Waals surface area contributed by atoms with Gasteiger partial charge in [-0.2, -0.15) is 0 Å². The molecule has 0 aromatic heterocycles. The van der Waals surface area contributed by atoms with Gasteiger partial charge in [0.25, 0.3) is 6.92 Å². The molecule has 2 aromatic rings. The monoisotopic (exact) mass is 434 g/mol. The number of carbonyl (C=O) groups excluding carboxylic acids is 1. The zero-order valence-corrected chi connectivity index (χ0v) is 18.5. The maximum absolute atomic E-state index is 14.1. The minimum atomic E-state index is -1.03. The molecule has 0 aliphatic heterocycles. The summed E-state index contributed by atoms with van der Waals surface area (Å²) in [4.78, 5) is 12.3. The zero-order chi connectivity index (χ0) is 22.3. The van der Waals surface area contributed by atoms with Gasteiger partial charge in [-0.05, 0) is 68.3 Å². The van der Waals surface area contributed by atoms with Crippen LogP contribution in [0.25, 0.3) is 11.1 Å². The second-order valence-corrected chi connectivity index (χ2v) is 8.56. The smallest absolute Gasteiger partial charge is 0.314 e. The number of halogens is 2. The van der Waals surface area contributed by atoms with Crippen LogP contribution in [0.15, 0.2) is 42.5 Å². The number of rotatable bonds is 10. The molecule has 0 aliphatic carbocycles. The normalized spacial score (nSPS) is 14.1. The van der Waals surface area contributed by atoms with E-state index in [9.17, 15) is 19.3 Å². The van der Waals surface area contributed by atoms with Gasteiger partial charge in [-0.25, -0.2) is 4.39 Å². The Bertz CT molecular complexity index is 844. The highest BCUT2D eigenvalue weighted by molar-refractivity contribution is 6.48. The summed E-state index contributed by atoms with van der Waals surface area (Å²) in [6, 6.07) is 11.9. The van der Waals surface area contributed by atoms with Gasteiger partial charge in [0, 0.05) is 10.6 Å². The predicted molar refractivity (Wildman–Crippen MR) is 119 cm³/mol. The Morgan fingerprint density at radius 1 is 1.27 bits per heavy atom.